The molecule has 0 amide bonds. The van der Waals surface area contributed by atoms with Gasteiger partial charge in [-0.3, -0.25) is 9.59 Å². The summed E-state index contributed by atoms with van der Waals surface area (Å²) in [5.74, 6) is 0.995. The second-order valence-electron chi connectivity index (χ2n) is 13.9. The molecule has 72 heavy (non-hydrogen) atoms. The van der Waals surface area contributed by atoms with E-state index in [1.54, 1.807) is 117 Å². The van der Waals surface area contributed by atoms with Gasteiger partial charge in [-0.15, -0.1) is 0 Å². The number of methoxy groups -OCH3 is 2. The molecule has 21 nitrogen and oxygen atoms in total. The summed E-state index contributed by atoms with van der Waals surface area (Å²) in [5.41, 5.74) is 3.65. The van der Waals surface area contributed by atoms with Gasteiger partial charge in [0.1, 0.15) is 0 Å². The molecule has 0 aliphatic heterocycles. The third-order valence-corrected chi connectivity index (χ3v) is 14.6. The van der Waals surface area contributed by atoms with Gasteiger partial charge in [-0.05, 0) is 90.3 Å². The second-order valence-corrected chi connectivity index (χ2v) is 21.3. The van der Waals surface area contributed by atoms with Gasteiger partial charge in [0.15, 0.2) is 0 Å². The average molecular weight is 1170 g/mol. The van der Waals surface area contributed by atoms with Crippen LogP contribution >= 0.6 is 15.9 Å². The fraction of sp³-hybridized carbons (Fsp3) is 0.227. The minimum atomic E-state index is -3.41. The second kappa shape index (κ2) is 36.4. The van der Waals surface area contributed by atoms with Gasteiger partial charge in [-0.25, -0.2) is 48.1 Å². The van der Waals surface area contributed by atoms with Crippen molar-refractivity contribution in [3.8, 4) is 34.0 Å². The number of aliphatic hydroxyl groups is 1. The first-order valence-corrected chi connectivity index (χ1v) is 25.1. The first kappa shape index (κ1) is 71.4. The van der Waals surface area contributed by atoms with Crippen LogP contribution in [-0.2, 0) is 39.8 Å². The maximum Gasteiger partial charge on any atom is 1.00 e. The predicted molar refractivity (Wildman–Crippen MR) is 267 cm³/mol. The Balaban J connectivity index is -0.000000863. The zero-order valence-electron chi connectivity index (χ0n) is 42.6. The molecule has 4 N–H and O–H groups in total. The molecule has 0 saturated carbocycles. The van der Waals surface area contributed by atoms with Gasteiger partial charge in [0.2, 0.25) is 47.4 Å². The molecule has 6 rings (SSSR count). The number of nitrogens with zero attached hydrogens (tertiary/aromatic N) is 5. The fourth-order valence-corrected chi connectivity index (χ4v) is 7.77. The van der Waals surface area contributed by atoms with Gasteiger partial charge < -0.3 is 41.2 Å². The molecular formula is C44H56BBrK2N6O15S3. The first-order chi connectivity index (χ1) is 32.9. The molecular weight excluding hydrogens is 1120 g/mol. The molecule has 0 fully saturated rings. The Bertz CT molecular complexity index is 2860. The largest absolute Gasteiger partial charge is 1.00 e. The molecule has 0 aliphatic carbocycles. The summed E-state index contributed by atoms with van der Waals surface area (Å²) >= 11 is 3.24. The van der Waals surface area contributed by atoms with E-state index in [1.165, 1.54) is 80.6 Å². The Labute approximate surface area is 516 Å². The number of benzene rings is 3. The van der Waals surface area contributed by atoms with Crippen molar-refractivity contribution in [2.75, 3.05) is 63.1 Å². The fourth-order valence-electron chi connectivity index (χ4n) is 4.80. The van der Waals surface area contributed by atoms with E-state index < -0.39 is 37.2 Å². The number of nitrogens with one attached hydrogen (secondary N) is 1. The molecule has 382 valence electrons. The number of hydrogen-bond donors (Lipinski definition) is 4. The van der Waals surface area contributed by atoms with Crippen LogP contribution in [0.15, 0.2) is 152 Å². The molecule has 0 unspecified atom stereocenters. The van der Waals surface area contributed by atoms with Crippen molar-refractivity contribution in [2.45, 2.75) is 21.6 Å². The smallest absolute Gasteiger partial charge is 1.00 e. The SMILES string of the molecule is CCO.CN(C)S(=O)(=O)c1ccc(-c2ccc(=O)[nH]c2)cc1.CN(C)S(=O)(=O)c1ccc(Br)cc1.COc1ccc(-c2ccc(S(=O)(=O)N(C)C)cc2)cn1.COc1ccc(B(O)O)cn1.O=CO[O-].[H-].[K+].[K+]. The van der Waals surface area contributed by atoms with Crippen LogP contribution < -0.4 is 129 Å². The number of aliphatic hydroxyl groups excluding tert-OH is 1. The van der Waals surface area contributed by atoms with Crippen LogP contribution in [0.1, 0.15) is 8.35 Å². The summed E-state index contributed by atoms with van der Waals surface area (Å²) in [7, 11) is 0.541. The summed E-state index contributed by atoms with van der Waals surface area (Å²) < 4.78 is 85.0. The first-order valence-electron chi connectivity index (χ1n) is 20.0. The standard InChI is InChI=1S/C14H16N2O3S.C13H14N2O3S.C8H10BrNO2S.C6H8BNO3.C2H6O.CH2O3.2K.H/c1-16(2)20(17,18)13-7-4-11(5-8-13)12-6-9-14(19-3)15-10-12;1-15(2)19(17,18)12-6-3-10(4-7-12)11-5-8-13(16)14-9-11;1-10(2)13(11,12)8-5-3-7(9)4-6-8;1-11-6-3-2-5(4-8-6)7(9)10;1-2-3;2-1-4-3;;;/h4-10H,1-3H3;3-9H,1-2H3,(H,14,16);3-6H,1-2H3;2-4,9-10H,1H3;3H,2H2,1H3;1,3H;;;/q;;;;;;2*+1;-1/p-1. The number of carbonyl (C=O) groups is 1. The number of sulfonamides is 3. The zero-order chi connectivity index (χ0) is 53.2. The Morgan fingerprint density at radius 1 is 0.625 bits per heavy atom. The Morgan fingerprint density at radius 2 is 0.958 bits per heavy atom. The molecule has 28 heteroatoms. The predicted octanol–water partition coefficient (Wildman–Crippen LogP) is -3.68. The van der Waals surface area contributed by atoms with Crippen molar-refractivity contribution in [3.63, 3.8) is 0 Å². The molecule has 0 radical (unpaired) electrons. The van der Waals surface area contributed by atoms with Crippen LogP contribution in [0.5, 0.6) is 11.8 Å². The minimum Gasteiger partial charge on any atom is -1.00 e. The molecule has 0 spiro atoms. The van der Waals surface area contributed by atoms with Gasteiger partial charge in [0.05, 0.1) is 28.9 Å². The van der Waals surface area contributed by atoms with E-state index in [0.29, 0.717) is 22.1 Å². The maximum atomic E-state index is 12.0. The monoisotopic (exact) mass is 1170 g/mol. The molecule has 0 bridgehead atoms. The zero-order valence-corrected chi connectivity index (χ0v) is 51.8. The number of aromatic nitrogens is 3. The molecule has 3 aromatic carbocycles. The van der Waals surface area contributed by atoms with E-state index >= 15 is 0 Å². The van der Waals surface area contributed by atoms with Crippen molar-refractivity contribution in [2.24, 2.45) is 0 Å². The number of ether oxygens (including phenoxy) is 2. The Hall–Kier alpha value is -2.63. The molecule has 3 aromatic heterocycles. The molecule has 0 atom stereocenters. The third kappa shape index (κ3) is 24.4. The van der Waals surface area contributed by atoms with Gasteiger partial charge >= 0.3 is 110 Å². The third-order valence-electron chi connectivity index (χ3n) is 8.56. The van der Waals surface area contributed by atoms with Crippen LogP contribution in [0.3, 0.4) is 0 Å². The molecule has 0 aliphatic rings. The quantitative estimate of drug-likeness (QED) is 0.0397. The van der Waals surface area contributed by atoms with E-state index in [-0.39, 0.29) is 133 Å². The van der Waals surface area contributed by atoms with Gasteiger partial charge in [-0.2, -0.15) is 0 Å². The average Bonchev–Trinajstić information content (AvgIpc) is 3.35. The number of aromatic amines is 1. The van der Waals surface area contributed by atoms with Gasteiger partial charge in [0.25, 0.3) is 6.47 Å². The van der Waals surface area contributed by atoms with E-state index in [4.69, 9.17) is 34.7 Å². The molecule has 6 aromatic rings. The maximum absolute atomic E-state index is 12.0. The summed E-state index contributed by atoms with van der Waals surface area (Å²) in [4.78, 5) is 33.5. The van der Waals surface area contributed by atoms with Crippen molar-refractivity contribution in [3.05, 3.63) is 143 Å². The summed E-state index contributed by atoms with van der Waals surface area (Å²) in [6.07, 6.45) is 4.63. The van der Waals surface area contributed by atoms with E-state index in [1.807, 2.05) is 6.07 Å². The Kier molecular flexibility index (Phi) is 36.1. The van der Waals surface area contributed by atoms with Crippen LogP contribution in [0.4, 0.5) is 0 Å². The van der Waals surface area contributed by atoms with Crippen LogP contribution in [0, 0.1) is 0 Å². The number of halogens is 1. The summed E-state index contributed by atoms with van der Waals surface area (Å²) in [5, 5.41) is 33.3. The van der Waals surface area contributed by atoms with Gasteiger partial charge in [-0.1, -0.05) is 46.3 Å². The summed E-state index contributed by atoms with van der Waals surface area (Å²) in [6, 6.07) is 29.6. The van der Waals surface area contributed by atoms with Gasteiger partial charge in [0, 0.05) is 95.1 Å². The van der Waals surface area contributed by atoms with Crippen molar-refractivity contribution in [1.29, 1.82) is 0 Å². The number of H-pyrrole nitrogens is 1. The molecule has 0 saturated heterocycles. The minimum absolute atomic E-state index is 0. The van der Waals surface area contributed by atoms with Crippen molar-refractivity contribution >= 4 is 65.1 Å². The topological polar surface area (TPSA) is 299 Å². The van der Waals surface area contributed by atoms with Crippen molar-refractivity contribution < 1.29 is 169 Å². The van der Waals surface area contributed by atoms with Crippen LogP contribution in [0.2, 0.25) is 0 Å². The van der Waals surface area contributed by atoms with E-state index in [9.17, 15) is 30.0 Å². The number of carbonyl (C=O) groups excluding carboxylic acids is 1. The van der Waals surface area contributed by atoms with E-state index in [2.05, 4.69) is 35.8 Å². The van der Waals surface area contributed by atoms with Crippen LogP contribution in [0.25, 0.3) is 22.3 Å². The van der Waals surface area contributed by atoms with E-state index in [0.717, 1.165) is 26.7 Å². The number of rotatable bonds is 12. The Morgan fingerprint density at radius 3 is 1.24 bits per heavy atom. The van der Waals surface area contributed by atoms with Crippen molar-refractivity contribution in [1.82, 2.24) is 27.9 Å². The molecule has 3 heterocycles. The van der Waals surface area contributed by atoms with Crippen LogP contribution in [-0.4, -0.2) is 145 Å². The number of pyridine rings is 3. The normalized spacial score (nSPS) is 10.5. The summed E-state index contributed by atoms with van der Waals surface area (Å²) in [6.45, 7) is 1.75. The number of hydrogen-bond acceptors (Lipinski definition) is 17.